The standard InChI is InChI=1S/C10H10ClFO4/c1-15-9-6(8(13)10(14)16-2)3-5(12)4-7(9)11/h3-4,8,13H,1-2H3. The predicted molar refractivity (Wildman–Crippen MR) is 54.9 cm³/mol. The topological polar surface area (TPSA) is 55.8 Å². The maximum Gasteiger partial charge on any atom is 0.339 e. The lowest BCUT2D eigenvalue weighted by molar-refractivity contribution is -0.150. The first-order valence-corrected chi connectivity index (χ1v) is 4.68. The van der Waals surface area contributed by atoms with Gasteiger partial charge in [-0.1, -0.05) is 11.6 Å². The van der Waals surface area contributed by atoms with Gasteiger partial charge in [-0.15, -0.1) is 0 Å². The van der Waals surface area contributed by atoms with Crippen molar-refractivity contribution >= 4 is 17.6 Å². The molecule has 16 heavy (non-hydrogen) atoms. The van der Waals surface area contributed by atoms with Gasteiger partial charge in [0.15, 0.2) is 6.10 Å². The first-order valence-electron chi connectivity index (χ1n) is 4.30. The average Bonchev–Trinajstić information content (AvgIpc) is 2.26. The highest BCUT2D eigenvalue weighted by Gasteiger charge is 2.24. The predicted octanol–water partition coefficient (Wildman–Crippen LogP) is 1.69. The highest BCUT2D eigenvalue weighted by atomic mass is 35.5. The zero-order chi connectivity index (χ0) is 12.3. The van der Waals surface area contributed by atoms with E-state index in [4.69, 9.17) is 16.3 Å². The smallest absolute Gasteiger partial charge is 0.339 e. The maximum atomic E-state index is 13.1. The molecule has 6 heteroatoms. The van der Waals surface area contributed by atoms with Crippen molar-refractivity contribution in [1.29, 1.82) is 0 Å². The molecular formula is C10H10ClFO4. The number of methoxy groups -OCH3 is 2. The zero-order valence-corrected chi connectivity index (χ0v) is 9.42. The summed E-state index contributed by atoms with van der Waals surface area (Å²) in [5.41, 5.74) is -0.0700. The van der Waals surface area contributed by atoms with Crippen LogP contribution in [0.4, 0.5) is 4.39 Å². The van der Waals surface area contributed by atoms with Crippen molar-refractivity contribution in [3.05, 3.63) is 28.5 Å². The molecule has 1 atom stereocenters. The number of hydrogen-bond donors (Lipinski definition) is 1. The van der Waals surface area contributed by atoms with E-state index in [-0.39, 0.29) is 16.3 Å². The number of esters is 1. The van der Waals surface area contributed by atoms with Crippen molar-refractivity contribution in [3.63, 3.8) is 0 Å². The molecule has 88 valence electrons. The zero-order valence-electron chi connectivity index (χ0n) is 8.66. The summed E-state index contributed by atoms with van der Waals surface area (Å²) < 4.78 is 22.3. The molecule has 0 aliphatic heterocycles. The van der Waals surface area contributed by atoms with Gasteiger partial charge in [0.2, 0.25) is 0 Å². The van der Waals surface area contributed by atoms with E-state index in [1.54, 1.807) is 0 Å². The second kappa shape index (κ2) is 5.14. The van der Waals surface area contributed by atoms with Crippen LogP contribution in [0.2, 0.25) is 5.02 Å². The van der Waals surface area contributed by atoms with Gasteiger partial charge in [-0.25, -0.2) is 9.18 Å². The molecule has 1 unspecified atom stereocenters. The minimum Gasteiger partial charge on any atom is -0.495 e. The molecule has 0 saturated heterocycles. The number of hydrogen-bond acceptors (Lipinski definition) is 4. The van der Waals surface area contributed by atoms with Crippen molar-refractivity contribution in [2.24, 2.45) is 0 Å². The van der Waals surface area contributed by atoms with Gasteiger partial charge >= 0.3 is 5.97 Å². The summed E-state index contributed by atoms with van der Waals surface area (Å²) in [5, 5.41) is 9.54. The van der Waals surface area contributed by atoms with E-state index in [0.29, 0.717) is 0 Å². The van der Waals surface area contributed by atoms with Crippen LogP contribution in [0.5, 0.6) is 5.75 Å². The van der Waals surface area contributed by atoms with Crippen LogP contribution in [0.1, 0.15) is 11.7 Å². The molecule has 4 nitrogen and oxygen atoms in total. The fourth-order valence-corrected chi connectivity index (χ4v) is 1.53. The van der Waals surface area contributed by atoms with Gasteiger partial charge in [0.05, 0.1) is 19.2 Å². The molecule has 1 N–H and O–H groups in total. The van der Waals surface area contributed by atoms with Gasteiger partial charge in [-0.2, -0.15) is 0 Å². The summed E-state index contributed by atoms with van der Waals surface area (Å²) in [5.74, 6) is -1.55. The number of benzene rings is 1. The van der Waals surface area contributed by atoms with Crippen molar-refractivity contribution in [1.82, 2.24) is 0 Å². The average molecular weight is 249 g/mol. The van der Waals surface area contributed by atoms with Crippen molar-refractivity contribution in [2.75, 3.05) is 14.2 Å². The van der Waals surface area contributed by atoms with Gasteiger partial charge in [0.1, 0.15) is 11.6 Å². The summed E-state index contributed by atoms with van der Waals surface area (Å²) in [4.78, 5) is 11.1. The van der Waals surface area contributed by atoms with E-state index in [2.05, 4.69) is 4.74 Å². The van der Waals surface area contributed by atoms with Crippen LogP contribution in [-0.4, -0.2) is 25.3 Å². The Bertz CT molecular complexity index is 408. The summed E-state index contributed by atoms with van der Waals surface area (Å²) in [6, 6.07) is 1.99. The minimum absolute atomic E-state index is 0.0274. The molecule has 0 fully saturated rings. The largest absolute Gasteiger partial charge is 0.495 e. The normalized spacial score (nSPS) is 12.1. The lowest BCUT2D eigenvalue weighted by atomic mass is 10.1. The Hall–Kier alpha value is -1.33. The quantitative estimate of drug-likeness (QED) is 0.827. The summed E-state index contributed by atoms with van der Waals surface area (Å²) in [6.45, 7) is 0. The Labute approximate surface area is 96.5 Å². The van der Waals surface area contributed by atoms with Crippen LogP contribution in [0, 0.1) is 5.82 Å². The summed E-state index contributed by atoms with van der Waals surface area (Å²) in [7, 11) is 2.41. The monoisotopic (exact) mass is 248 g/mol. The Kier molecular flexibility index (Phi) is 4.09. The van der Waals surface area contributed by atoms with Crippen LogP contribution < -0.4 is 4.74 Å². The van der Waals surface area contributed by atoms with Crippen molar-refractivity contribution in [2.45, 2.75) is 6.10 Å². The van der Waals surface area contributed by atoms with E-state index in [0.717, 1.165) is 19.2 Å². The van der Waals surface area contributed by atoms with E-state index in [9.17, 15) is 14.3 Å². The van der Waals surface area contributed by atoms with Crippen LogP contribution >= 0.6 is 11.6 Å². The Morgan fingerprint density at radius 1 is 1.50 bits per heavy atom. The van der Waals surface area contributed by atoms with Crippen molar-refractivity contribution < 1.29 is 23.8 Å². The molecule has 1 aromatic rings. The Morgan fingerprint density at radius 3 is 2.62 bits per heavy atom. The molecule has 0 aromatic heterocycles. The van der Waals surface area contributed by atoms with E-state index in [1.165, 1.54) is 7.11 Å². The highest BCUT2D eigenvalue weighted by Crippen LogP contribution is 2.34. The van der Waals surface area contributed by atoms with E-state index in [1.807, 2.05) is 0 Å². The molecule has 0 amide bonds. The lowest BCUT2D eigenvalue weighted by Gasteiger charge is -2.14. The number of aliphatic hydroxyl groups is 1. The number of aliphatic hydroxyl groups excluding tert-OH is 1. The molecule has 0 radical (unpaired) electrons. The van der Waals surface area contributed by atoms with Crippen LogP contribution in [0.15, 0.2) is 12.1 Å². The Morgan fingerprint density at radius 2 is 2.12 bits per heavy atom. The maximum absolute atomic E-state index is 13.1. The van der Waals surface area contributed by atoms with Crippen LogP contribution in [-0.2, 0) is 9.53 Å². The highest BCUT2D eigenvalue weighted by molar-refractivity contribution is 6.32. The van der Waals surface area contributed by atoms with Gasteiger partial charge in [-0.3, -0.25) is 0 Å². The molecule has 1 rings (SSSR count). The Balaban J connectivity index is 3.25. The molecule has 0 aliphatic carbocycles. The van der Waals surface area contributed by atoms with Crippen LogP contribution in [0.3, 0.4) is 0 Å². The number of ether oxygens (including phenoxy) is 2. The molecule has 0 heterocycles. The number of carbonyl (C=O) groups is 1. The molecular weight excluding hydrogens is 239 g/mol. The van der Waals surface area contributed by atoms with E-state index >= 15 is 0 Å². The van der Waals surface area contributed by atoms with Gasteiger partial charge in [0.25, 0.3) is 0 Å². The molecule has 0 bridgehead atoms. The second-order valence-electron chi connectivity index (χ2n) is 2.94. The van der Waals surface area contributed by atoms with Gasteiger partial charge in [0, 0.05) is 5.56 Å². The van der Waals surface area contributed by atoms with Crippen LogP contribution in [0.25, 0.3) is 0 Å². The third-order valence-corrected chi connectivity index (χ3v) is 2.24. The number of carbonyl (C=O) groups excluding carboxylic acids is 1. The molecule has 1 aromatic carbocycles. The third-order valence-electron chi connectivity index (χ3n) is 1.96. The first kappa shape index (κ1) is 12.7. The molecule has 0 saturated carbocycles. The third kappa shape index (κ3) is 2.43. The fraction of sp³-hybridized carbons (Fsp3) is 0.300. The summed E-state index contributed by atoms with van der Waals surface area (Å²) in [6.07, 6.45) is -1.63. The lowest BCUT2D eigenvalue weighted by Crippen LogP contribution is -2.14. The SMILES string of the molecule is COC(=O)C(O)c1cc(F)cc(Cl)c1OC. The van der Waals surface area contributed by atoms with Crippen molar-refractivity contribution in [3.8, 4) is 5.75 Å². The fourth-order valence-electron chi connectivity index (χ4n) is 1.24. The van der Waals surface area contributed by atoms with E-state index < -0.39 is 17.9 Å². The minimum atomic E-state index is -1.63. The second-order valence-corrected chi connectivity index (χ2v) is 3.34. The number of rotatable bonds is 3. The van der Waals surface area contributed by atoms with Gasteiger partial charge < -0.3 is 14.6 Å². The summed E-state index contributed by atoms with van der Waals surface area (Å²) >= 11 is 5.70. The van der Waals surface area contributed by atoms with Gasteiger partial charge in [-0.05, 0) is 12.1 Å². The first-order chi connectivity index (χ1) is 7.51. The number of halogens is 2. The molecule has 0 spiro atoms. The molecule has 0 aliphatic rings.